The van der Waals surface area contributed by atoms with E-state index < -0.39 is 12.0 Å². The van der Waals surface area contributed by atoms with Crippen molar-refractivity contribution in [1.82, 2.24) is 5.32 Å². The normalized spacial score (nSPS) is 13.5. The van der Waals surface area contributed by atoms with Gasteiger partial charge in [0.2, 0.25) is 5.91 Å². The fraction of sp³-hybridized carbons (Fsp3) is 0.500. The maximum atomic E-state index is 11.9. The Balaban J connectivity index is 2.52. The molecular weight excluding hydrogens is 254 g/mol. The summed E-state index contributed by atoms with van der Waals surface area (Å²) in [5.74, 6) is -1.29. The van der Waals surface area contributed by atoms with Gasteiger partial charge < -0.3 is 10.4 Å². The van der Waals surface area contributed by atoms with Gasteiger partial charge in [-0.3, -0.25) is 4.79 Å². The summed E-state index contributed by atoms with van der Waals surface area (Å²) in [7, 11) is 0. The first-order chi connectivity index (χ1) is 9.54. The molecule has 1 unspecified atom stereocenters. The highest BCUT2D eigenvalue weighted by molar-refractivity contribution is 5.84. The lowest BCUT2D eigenvalue weighted by molar-refractivity contribution is -0.142. The van der Waals surface area contributed by atoms with Gasteiger partial charge in [-0.25, -0.2) is 4.79 Å². The van der Waals surface area contributed by atoms with Gasteiger partial charge in [-0.2, -0.15) is 0 Å². The van der Waals surface area contributed by atoms with Crippen LogP contribution in [-0.2, 0) is 16.0 Å². The number of nitrogens with one attached hydrogen (secondary N) is 1. The molecule has 4 nitrogen and oxygen atoms in total. The summed E-state index contributed by atoms with van der Waals surface area (Å²) >= 11 is 0. The zero-order chi connectivity index (χ0) is 15.0. The van der Waals surface area contributed by atoms with Crippen LogP contribution in [0.3, 0.4) is 0 Å². The molecule has 1 amide bonds. The fourth-order valence-corrected chi connectivity index (χ4v) is 2.09. The molecule has 0 aliphatic heterocycles. The van der Waals surface area contributed by atoms with E-state index in [1.807, 2.05) is 44.2 Å². The molecule has 0 aliphatic rings. The number of carbonyl (C=O) groups excluding carboxylic acids is 1. The van der Waals surface area contributed by atoms with E-state index in [-0.39, 0.29) is 11.8 Å². The zero-order valence-corrected chi connectivity index (χ0v) is 12.1. The first kappa shape index (κ1) is 16.2. The fourth-order valence-electron chi connectivity index (χ4n) is 2.09. The lowest BCUT2D eigenvalue weighted by atomic mass is 10.0. The van der Waals surface area contributed by atoms with E-state index in [2.05, 4.69) is 5.32 Å². The van der Waals surface area contributed by atoms with Crippen molar-refractivity contribution in [3.63, 3.8) is 0 Å². The van der Waals surface area contributed by atoms with Crippen LogP contribution in [0.2, 0.25) is 0 Å². The standard InChI is InChI=1S/C16H23NO3/c1-3-7-12(2)15(18)17-14(16(19)20)11-10-13-8-5-4-6-9-13/h4-6,8-9,12,14H,3,7,10-11H2,1-2H3,(H,17,18)(H,19,20)/t12?,14-/m0/s1. The van der Waals surface area contributed by atoms with Crippen LogP contribution in [0.5, 0.6) is 0 Å². The molecule has 0 bridgehead atoms. The van der Waals surface area contributed by atoms with E-state index in [9.17, 15) is 14.7 Å². The van der Waals surface area contributed by atoms with E-state index in [1.54, 1.807) is 0 Å². The van der Waals surface area contributed by atoms with Gasteiger partial charge in [0.15, 0.2) is 0 Å². The van der Waals surface area contributed by atoms with Crippen LogP contribution in [0.25, 0.3) is 0 Å². The van der Waals surface area contributed by atoms with Crippen molar-refractivity contribution in [3.05, 3.63) is 35.9 Å². The molecule has 0 aromatic heterocycles. The molecule has 1 aromatic carbocycles. The second kappa shape index (κ2) is 8.35. The minimum Gasteiger partial charge on any atom is -0.480 e. The molecule has 2 atom stereocenters. The summed E-state index contributed by atoms with van der Waals surface area (Å²) in [5.41, 5.74) is 1.08. The van der Waals surface area contributed by atoms with Gasteiger partial charge in [-0.05, 0) is 24.8 Å². The Kier molecular flexibility index (Phi) is 6.77. The SMILES string of the molecule is CCCC(C)C(=O)N[C@@H](CCc1ccccc1)C(=O)O. The van der Waals surface area contributed by atoms with Crippen molar-refractivity contribution >= 4 is 11.9 Å². The third-order valence-corrected chi connectivity index (χ3v) is 3.35. The zero-order valence-electron chi connectivity index (χ0n) is 12.1. The van der Waals surface area contributed by atoms with Crippen LogP contribution in [0.15, 0.2) is 30.3 Å². The molecule has 0 aliphatic carbocycles. The summed E-state index contributed by atoms with van der Waals surface area (Å²) in [5, 5.41) is 11.8. The Morgan fingerprint density at radius 3 is 2.40 bits per heavy atom. The summed E-state index contributed by atoms with van der Waals surface area (Å²) in [6, 6.07) is 8.87. The van der Waals surface area contributed by atoms with E-state index in [1.165, 1.54) is 0 Å². The summed E-state index contributed by atoms with van der Waals surface area (Å²) < 4.78 is 0. The first-order valence-corrected chi connectivity index (χ1v) is 7.11. The topological polar surface area (TPSA) is 66.4 Å². The number of carbonyl (C=O) groups is 2. The van der Waals surface area contributed by atoms with Gasteiger partial charge in [0, 0.05) is 5.92 Å². The number of rotatable bonds is 8. The second-order valence-corrected chi connectivity index (χ2v) is 5.11. The van der Waals surface area contributed by atoms with Crippen molar-refractivity contribution in [1.29, 1.82) is 0 Å². The molecule has 0 radical (unpaired) electrons. The van der Waals surface area contributed by atoms with Crippen molar-refractivity contribution in [3.8, 4) is 0 Å². The average Bonchev–Trinajstić information content (AvgIpc) is 2.44. The van der Waals surface area contributed by atoms with Gasteiger partial charge in [0.1, 0.15) is 6.04 Å². The number of aryl methyl sites for hydroxylation is 1. The molecule has 0 saturated heterocycles. The molecular formula is C16H23NO3. The van der Waals surface area contributed by atoms with Crippen LogP contribution in [0, 0.1) is 5.92 Å². The minimum atomic E-state index is -0.974. The number of carboxylic acid groups (broad SMARTS) is 1. The Labute approximate surface area is 120 Å². The average molecular weight is 277 g/mol. The largest absolute Gasteiger partial charge is 0.480 e. The van der Waals surface area contributed by atoms with Gasteiger partial charge in [-0.15, -0.1) is 0 Å². The van der Waals surface area contributed by atoms with Crippen LogP contribution in [0.4, 0.5) is 0 Å². The lowest BCUT2D eigenvalue weighted by Gasteiger charge is -2.17. The highest BCUT2D eigenvalue weighted by Gasteiger charge is 2.22. The van der Waals surface area contributed by atoms with Crippen LogP contribution in [0.1, 0.15) is 38.7 Å². The van der Waals surface area contributed by atoms with E-state index in [4.69, 9.17) is 0 Å². The third-order valence-electron chi connectivity index (χ3n) is 3.35. The number of benzene rings is 1. The molecule has 0 heterocycles. The van der Waals surface area contributed by atoms with Gasteiger partial charge >= 0.3 is 5.97 Å². The van der Waals surface area contributed by atoms with E-state index >= 15 is 0 Å². The molecule has 4 heteroatoms. The Morgan fingerprint density at radius 2 is 1.85 bits per heavy atom. The molecule has 110 valence electrons. The summed E-state index contributed by atoms with van der Waals surface area (Å²) in [6.07, 6.45) is 2.73. The second-order valence-electron chi connectivity index (χ2n) is 5.11. The molecule has 2 N–H and O–H groups in total. The third kappa shape index (κ3) is 5.43. The number of carboxylic acids is 1. The lowest BCUT2D eigenvalue weighted by Crippen LogP contribution is -2.43. The molecule has 0 spiro atoms. The predicted octanol–water partition coefficient (Wildman–Crippen LogP) is 2.62. The molecule has 1 rings (SSSR count). The van der Waals surface area contributed by atoms with Crippen LogP contribution >= 0.6 is 0 Å². The minimum absolute atomic E-state index is 0.140. The van der Waals surface area contributed by atoms with Crippen LogP contribution < -0.4 is 5.32 Å². The molecule has 20 heavy (non-hydrogen) atoms. The Hall–Kier alpha value is -1.84. The first-order valence-electron chi connectivity index (χ1n) is 7.11. The maximum absolute atomic E-state index is 11.9. The van der Waals surface area contributed by atoms with Crippen LogP contribution in [-0.4, -0.2) is 23.0 Å². The quantitative estimate of drug-likeness (QED) is 0.767. The number of aliphatic carboxylic acids is 1. The number of hydrogen-bond donors (Lipinski definition) is 2. The van der Waals surface area contributed by atoms with E-state index in [0.717, 1.165) is 18.4 Å². The van der Waals surface area contributed by atoms with Crippen molar-refractivity contribution < 1.29 is 14.7 Å². The van der Waals surface area contributed by atoms with Gasteiger partial charge in [-0.1, -0.05) is 50.6 Å². The Bertz CT molecular complexity index is 431. The highest BCUT2D eigenvalue weighted by Crippen LogP contribution is 2.08. The van der Waals surface area contributed by atoms with Gasteiger partial charge in [0.05, 0.1) is 0 Å². The highest BCUT2D eigenvalue weighted by atomic mass is 16.4. The van der Waals surface area contributed by atoms with Crippen molar-refractivity contribution in [2.75, 3.05) is 0 Å². The monoisotopic (exact) mass is 277 g/mol. The smallest absolute Gasteiger partial charge is 0.326 e. The summed E-state index contributed by atoms with van der Waals surface area (Å²) in [4.78, 5) is 23.1. The Morgan fingerprint density at radius 1 is 1.20 bits per heavy atom. The van der Waals surface area contributed by atoms with Crippen molar-refractivity contribution in [2.24, 2.45) is 5.92 Å². The predicted molar refractivity (Wildman–Crippen MR) is 78.4 cm³/mol. The molecule has 1 aromatic rings. The molecule has 0 fully saturated rings. The summed E-state index contributed by atoms with van der Waals surface area (Å²) in [6.45, 7) is 3.84. The number of amides is 1. The van der Waals surface area contributed by atoms with E-state index in [0.29, 0.717) is 12.8 Å². The maximum Gasteiger partial charge on any atom is 0.326 e. The van der Waals surface area contributed by atoms with Gasteiger partial charge in [0.25, 0.3) is 0 Å². The molecule has 0 saturated carbocycles. The number of hydrogen-bond acceptors (Lipinski definition) is 2. The van der Waals surface area contributed by atoms with Crippen molar-refractivity contribution in [2.45, 2.75) is 45.6 Å².